The first kappa shape index (κ1) is 9.32. The van der Waals surface area contributed by atoms with Crippen molar-refractivity contribution in [3.8, 4) is 0 Å². The van der Waals surface area contributed by atoms with E-state index < -0.39 is 0 Å². The number of hydrogen-bond donors (Lipinski definition) is 2. The standard InChI is InChI=1S/C10H12N2O/c1-3-10(13)12-8-4-5-9(11)7(2)6-8/h3-6H,1,11H2,2H3,(H,12,13). The molecule has 0 aromatic heterocycles. The van der Waals surface area contributed by atoms with Crippen molar-refractivity contribution in [1.82, 2.24) is 0 Å². The van der Waals surface area contributed by atoms with Gasteiger partial charge in [-0.2, -0.15) is 0 Å². The van der Waals surface area contributed by atoms with Crippen LogP contribution in [0.4, 0.5) is 11.4 Å². The van der Waals surface area contributed by atoms with E-state index >= 15 is 0 Å². The monoisotopic (exact) mass is 176 g/mol. The third-order valence-corrected chi connectivity index (χ3v) is 1.72. The van der Waals surface area contributed by atoms with Gasteiger partial charge in [0.1, 0.15) is 0 Å². The van der Waals surface area contributed by atoms with Crippen molar-refractivity contribution < 1.29 is 4.79 Å². The number of benzene rings is 1. The summed E-state index contributed by atoms with van der Waals surface area (Å²) in [5, 5.41) is 2.65. The van der Waals surface area contributed by atoms with E-state index in [0.29, 0.717) is 0 Å². The molecule has 1 amide bonds. The van der Waals surface area contributed by atoms with Crippen molar-refractivity contribution in [3.05, 3.63) is 36.4 Å². The molecule has 0 unspecified atom stereocenters. The van der Waals surface area contributed by atoms with Gasteiger partial charge < -0.3 is 11.1 Å². The Bertz CT molecular complexity index is 345. The van der Waals surface area contributed by atoms with Crippen molar-refractivity contribution in [2.45, 2.75) is 6.92 Å². The van der Waals surface area contributed by atoms with E-state index in [1.54, 1.807) is 12.1 Å². The maximum atomic E-state index is 10.9. The van der Waals surface area contributed by atoms with E-state index in [4.69, 9.17) is 5.73 Å². The second-order valence-corrected chi connectivity index (χ2v) is 2.76. The Labute approximate surface area is 77.3 Å². The van der Waals surface area contributed by atoms with E-state index in [1.807, 2.05) is 13.0 Å². The molecule has 3 N–H and O–H groups in total. The van der Waals surface area contributed by atoms with Crippen LogP contribution in [-0.4, -0.2) is 5.91 Å². The number of rotatable bonds is 2. The summed E-state index contributed by atoms with van der Waals surface area (Å²) < 4.78 is 0. The van der Waals surface area contributed by atoms with Crippen molar-refractivity contribution in [2.75, 3.05) is 11.1 Å². The van der Waals surface area contributed by atoms with Crippen molar-refractivity contribution in [1.29, 1.82) is 0 Å². The molecule has 3 nitrogen and oxygen atoms in total. The largest absolute Gasteiger partial charge is 0.399 e. The van der Waals surface area contributed by atoms with Gasteiger partial charge in [0.25, 0.3) is 0 Å². The number of amides is 1. The molecule has 0 aliphatic heterocycles. The lowest BCUT2D eigenvalue weighted by Gasteiger charge is -2.04. The van der Waals surface area contributed by atoms with Crippen LogP contribution in [0, 0.1) is 6.92 Å². The Hall–Kier alpha value is -1.77. The molecule has 0 bridgehead atoms. The van der Waals surface area contributed by atoms with E-state index in [9.17, 15) is 4.79 Å². The quantitative estimate of drug-likeness (QED) is 0.532. The van der Waals surface area contributed by atoms with Crippen LogP contribution >= 0.6 is 0 Å². The molecule has 13 heavy (non-hydrogen) atoms. The predicted molar refractivity (Wildman–Crippen MR) is 54.4 cm³/mol. The number of nitrogen functional groups attached to an aromatic ring is 1. The molecule has 0 fully saturated rings. The molecule has 68 valence electrons. The zero-order valence-corrected chi connectivity index (χ0v) is 7.50. The van der Waals surface area contributed by atoms with Crippen molar-refractivity contribution >= 4 is 17.3 Å². The minimum Gasteiger partial charge on any atom is -0.399 e. The molecule has 1 rings (SSSR count). The molecule has 0 radical (unpaired) electrons. The summed E-state index contributed by atoms with van der Waals surface area (Å²) in [5.74, 6) is -0.218. The smallest absolute Gasteiger partial charge is 0.247 e. The Morgan fingerprint density at radius 1 is 1.62 bits per heavy atom. The molecule has 0 aliphatic carbocycles. The third-order valence-electron chi connectivity index (χ3n) is 1.72. The van der Waals surface area contributed by atoms with Gasteiger partial charge in [-0.25, -0.2) is 0 Å². The summed E-state index contributed by atoms with van der Waals surface area (Å²) in [6.07, 6.45) is 1.23. The molecule has 0 heterocycles. The maximum absolute atomic E-state index is 10.9. The predicted octanol–water partition coefficient (Wildman–Crippen LogP) is 1.70. The zero-order valence-electron chi connectivity index (χ0n) is 7.50. The zero-order chi connectivity index (χ0) is 9.84. The van der Waals surface area contributed by atoms with Crippen LogP contribution in [-0.2, 0) is 4.79 Å². The van der Waals surface area contributed by atoms with Crippen molar-refractivity contribution in [2.24, 2.45) is 0 Å². The maximum Gasteiger partial charge on any atom is 0.247 e. The molecule has 0 aliphatic rings. The fourth-order valence-electron chi connectivity index (χ4n) is 0.947. The highest BCUT2D eigenvalue weighted by molar-refractivity contribution is 5.99. The minimum absolute atomic E-state index is 0.218. The number of nitrogens with one attached hydrogen (secondary N) is 1. The van der Waals surface area contributed by atoms with Gasteiger partial charge in [0.2, 0.25) is 5.91 Å². The summed E-state index contributed by atoms with van der Waals surface area (Å²) in [6.45, 7) is 5.25. The van der Waals surface area contributed by atoms with Crippen LogP contribution in [0.2, 0.25) is 0 Å². The van der Waals surface area contributed by atoms with Crippen LogP contribution < -0.4 is 11.1 Å². The van der Waals surface area contributed by atoms with Gasteiger partial charge in [0.05, 0.1) is 0 Å². The molecule has 0 saturated carbocycles. The average Bonchev–Trinajstić information content (AvgIpc) is 2.11. The lowest BCUT2D eigenvalue weighted by Crippen LogP contribution is -2.07. The fourth-order valence-corrected chi connectivity index (χ4v) is 0.947. The van der Waals surface area contributed by atoms with Crippen LogP contribution in [0.3, 0.4) is 0 Å². The number of carbonyl (C=O) groups excluding carboxylic acids is 1. The highest BCUT2D eigenvalue weighted by atomic mass is 16.1. The van der Waals surface area contributed by atoms with Gasteiger partial charge >= 0.3 is 0 Å². The first-order chi connectivity index (χ1) is 6.13. The highest BCUT2D eigenvalue weighted by Gasteiger charge is 1.98. The summed E-state index contributed by atoms with van der Waals surface area (Å²) >= 11 is 0. The fraction of sp³-hybridized carbons (Fsp3) is 0.100. The molecule has 1 aromatic carbocycles. The lowest BCUT2D eigenvalue weighted by molar-refractivity contribution is -0.111. The summed E-state index contributed by atoms with van der Waals surface area (Å²) in [6, 6.07) is 5.33. The van der Waals surface area contributed by atoms with Gasteiger partial charge in [-0.3, -0.25) is 4.79 Å². The molecule has 1 aromatic rings. The van der Waals surface area contributed by atoms with Gasteiger partial charge in [-0.05, 0) is 36.8 Å². The SMILES string of the molecule is C=CC(=O)Nc1ccc(N)c(C)c1. The second kappa shape index (κ2) is 3.76. The van der Waals surface area contributed by atoms with Gasteiger partial charge in [-0.15, -0.1) is 0 Å². The van der Waals surface area contributed by atoms with Crippen LogP contribution in [0.5, 0.6) is 0 Å². The highest BCUT2D eigenvalue weighted by Crippen LogP contribution is 2.16. The molecular formula is C10H12N2O. The Morgan fingerprint density at radius 3 is 2.85 bits per heavy atom. The normalized spacial score (nSPS) is 9.31. The van der Waals surface area contributed by atoms with Gasteiger partial charge in [-0.1, -0.05) is 6.58 Å². The topological polar surface area (TPSA) is 55.1 Å². The number of anilines is 2. The van der Waals surface area contributed by atoms with Crippen LogP contribution in [0.25, 0.3) is 0 Å². The molecule has 0 saturated heterocycles. The van der Waals surface area contributed by atoms with E-state index in [-0.39, 0.29) is 5.91 Å². The number of nitrogens with two attached hydrogens (primary N) is 1. The Kier molecular flexibility index (Phi) is 2.69. The van der Waals surface area contributed by atoms with E-state index in [0.717, 1.165) is 16.9 Å². The second-order valence-electron chi connectivity index (χ2n) is 2.76. The molecule has 0 atom stereocenters. The summed E-state index contributed by atoms with van der Waals surface area (Å²) in [7, 11) is 0. The Balaban J connectivity index is 2.85. The van der Waals surface area contributed by atoms with Gasteiger partial charge in [0, 0.05) is 11.4 Å². The number of aryl methyl sites for hydroxylation is 1. The lowest BCUT2D eigenvalue weighted by atomic mass is 10.2. The first-order valence-corrected chi connectivity index (χ1v) is 3.93. The average molecular weight is 176 g/mol. The molecular weight excluding hydrogens is 164 g/mol. The van der Waals surface area contributed by atoms with Gasteiger partial charge in [0.15, 0.2) is 0 Å². The molecule has 0 spiro atoms. The van der Waals surface area contributed by atoms with Crippen LogP contribution in [0.1, 0.15) is 5.56 Å². The first-order valence-electron chi connectivity index (χ1n) is 3.93. The summed E-state index contributed by atoms with van der Waals surface area (Å²) in [5.41, 5.74) is 8.02. The van der Waals surface area contributed by atoms with E-state index in [1.165, 1.54) is 6.08 Å². The number of carbonyl (C=O) groups is 1. The Morgan fingerprint density at radius 2 is 2.31 bits per heavy atom. The van der Waals surface area contributed by atoms with E-state index in [2.05, 4.69) is 11.9 Å². The third kappa shape index (κ3) is 2.33. The minimum atomic E-state index is -0.218. The van der Waals surface area contributed by atoms with Crippen LogP contribution in [0.15, 0.2) is 30.9 Å². The summed E-state index contributed by atoms with van der Waals surface area (Å²) in [4.78, 5) is 10.9. The number of hydrogen-bond acceptors (Lipinski definition) is 2. The molecule has 3 heteroatoms. The van der Waals surface area contributed by atoms with Crippen molar-refractivity contribution in [3.63, 3.8) is 0 Å².